The lowest BCUT2D eigenvalue weighted by Crippen LogP contribution is -2.51. The standard InChI is InChI=1S/C18H24ClN5O.HI/c1-3-17-22-13(2)16(25-17)12-21-18(20)24-10-8-23(9-11-24)15-6-4-14(19)5-7-15;/h4-7H,3,8-12H2,1-2H3,(H2,20,21);1H. The fourth-order valence-electron chi connectivity index (χ4n) is 2.88. The number of hydrogen-bond acceptors (Lipinski definition) is 4. The zero-order valence-corrected chi connectivity index (χ0v) is 18.2. The van der Waals surface area contributed by atoms with Crippen molar-refractivity contribution in [3.63, 3.8) is 0 Å². The number of aryl methyl sites for hydroxylation is 2. The van der Waals surface area contributed by atoms with Gasteiger partial charge in [0.25, 0.3) is 0 Å². The van der Waals surface area contributed by atoms with E-state index in [0.717, 1.165) is 55.0 Å². The Morgan fingerprint density at radius 3 is 2.46 bits per heavy atom. The van der Waals surface area contributed by atoms with E-state index in [2.05, 4.69) is 19.8 Å². The van der Waals surface area contributed by atoms with Crippen LogP contribution in [0.15, 0.2) is 33.7 Å². The monoisotopic (exact) mass is 489 g/mol. The molecule has 2 heterocycles. The summed E-state index contributed by atoms with van der Waals surface area (Å²) in [5.74, 6) is 2.10. The van der Waals surface area contributed by atoms with Crippen LogP contribution in [0.25, 0.3) is 0 Å². The number of aliphatic imine (C=N–C) groups is 1. The summed E-state index contributed by atoms with van der Waals surface area (Å²) in [5, 5.41) is 0.757. The highest BCUT2D eigenvalue weighted by molar-refractivity contribution is 14.0. The Kier molecular flexibility index (Phi) is 7.57. The van der Waals surface area contributed by atoms with E-state index in [4.69, 9.17) is 21.8 Å². The highest BCUT2D eigenvalue weighted by atomic mass is 127. The Balaban J connectivity index is 0.00000243. The van der Waals surface area contributed by atoms with Crippen LogP contribution in [0, 0.1) is 6.92 Å². The van der Waals surface area contributed by atoms with E-state index in [1.54, 1.807) is 0 Å². The number of guanidine groups is 1. The minimum absolute atomic E-state index is 0. The second-order valence-corrected chi connectivity index (χ2v) is 6.53. The molecular weight excluding hydrogens is 465 g/mol. The molecular formula is C18H25ClIN5O. The van der Waals surface area contributed by atoms with Gasteiger partial charge in [0, 0.05) is 43.3 Å². The predicted octanol–water partition coefficient (Wildman–Crippen LogP) is 3.45. The Hall–Kier alpha value is -1.48. The van der Waals surface area contributed by atoms with E-state index < -0.39 is 0 Å². The number of anilines is 1. The highest BCUT2D eigenvalue weighted by Gasteiger charge is 2.19. The van der Waals surface area contributed by atoms with Crippen LogP contribution in [0.3, 0.4) is 0 Å². The van der Waals surface area contributed by atoms with E-state index in [1.165, 1.54) is 5.69 Å². The molecule has 3 rings (SSSR count). The van der Waals surface area contributed by atoms with Gasteiger partial charge in [-0.3, -0.25) is 0 Å². The maximum Gasteiger partial charge on any atom is 0.194 e. The van der Waals surface area contributed by atoms with Crippen molar-refractivity contribution < 1.29 is 4.42 Å². The first-order valence-electron chi connectivity index (χ1n) is 8.57. The van der Waals surface area contributed by atoms with Gasteiger partial charge in [-0.1, -0.05) is 18.5 Å². The van der Waals surface area contributed by atoms with Crippen molar-refractivity contribution in [3.8, 4) is 0 Å². The molecule has 0 aliphatic carbocycles. The Morgan fingerprint density at radius 2 is 1.88 bits per heavy atom. The van der Waals surface area contributed by atoms with Crippen molar-refractivity contribution in [1.29, 1.82) is 0 Å². The number of hydrogen-bond donors (Lipinski definition) is 1. The Labute approximate surface area is 176 Å². The molecule has 0 radical (unpaired) electrons. The van der Waals surface area contributed by atoms with Gasteiger partial charge in [-0.25, -0.2) is 9.98 Å². The van der Waals surface area contributed by atoms with E-state index >= 15 is 0 Å². The summed E-state index contributed by atoms with van der Waals surface area (Å²) < 4.78 is 5.67. The van der Waals surface area contributed by atoms with Gasteiger partial charge in [-0.2, -0.15) is 0 Å². The quantitative estimate of drug-likeness (QED) is 0.405. The van der Waals surface area contributed by atoms with Crippen molar-refractivity contribution in [3.05, 3.63) is 46.6 Å². The number of nitrogens with two attached hydrogens (primary N) is 1. The summed E-state index contributed by atoms with van der Waals surface area (Å²) in [6.07, 6.45) is 0.784. The fourth-order valence-corrected chi connectivity index (χ4v) is 3.01. The smallest absolute Gasteiger partial charge is 0.194 e. The molecule has 0 bridgehead atoms. The summed E-state index contributed by atoms with van der Waals surface area (Å²) in [6, 6.07) is 7.94. The second kappa shape index (κ2) is 9.45. The number of oxazole rings is 1. The van der Waals surface area contributed by atoms with Crippen molar-refractivity contribution in [2.75, 3.05) is 31.1 Å². The zero-order chi connectivity index (χ0) is 17.8. The van der Waals surface area contributed by atoms with Gasteiger partial charge in [-0.05, 0) is 31.2 Å². The molecule has 0 spiro atoms. The summed E-state index contributed by atoms with van der Waals surface area (Å²) in [5.41, 5.74) is 8.24. The molecule has 0 unspecified atom stereocenters. The molecule has 1 aromatic carbocycles. The van der Waals surface area contributed by atoms with Gasteiger partial charge in [0.15, 0.2) is 11.9 Å². The normalized spacial score (nSPS) is 15.1. The van der Waals surface area contributed by atoms with E-state index in [-0.39, 0.29) is 24.0 Å². The predicted molar refractivity (Wildman–Crippen MR) is 117 cm³/mol. The lowest BCUT2D eigenvalue weighted by Gasteiger charge is -2.36. The van der Waals surface area contributed by atoms with Crippen LogP contribution in [0.1, 0.15) is 24.3 Å². The highest BCUT2D eigenvalue weighted by Crippen LogP contribution is 2.19. The van der Waals surface area contributed by atoms with E-state index in [0.29, 0.717) is 12.5 Å². The maximum absolute atomic E-state index is 6.17. The molecule has 0 saturated carbocycles. The number of rotatable bonds is 4. The number of nitrogens with zero attached hydrogens (tertiary/aromatic N) is 4. The third-order valence-electron chi connectivity index (χ3n) is 4.42. The van der Waals surface area contributed by atoms with Crippen LogP contribution < -0.4 is 10.6 Å². The molecule has 1 aliphatic heterocycles. The SMILES string of the molecule is CCc1nc(C)c(CN=C(N)N2CCN(c3ccc(Cl)cc3)CC2)o1.I. The van der Waals surface area contributed by atoms with E-state index in [9.17, 15) is 0 Å². The van der Waals surface area contributed by atoms with Crippen LogP contribution in [0.5, 0.6) is 0 Å². The summed E-state index contributed by atoms with van der Waals surface area (Å²) in [6.45, 7) is 7.88. The molecule has 1 aromatic heterocycles. The number of halogens is 2. The van der Waals surface area contributed by atoms with Crippen molar-refractivity contribution in [1.82, 2.24) is 9.88 Å². The summed E-state index contributed by atoms with van der Waals surface area (Å²) >= 11 is 5.95. The van der Waals surface area contributed by atoms with Crippen LogP contribution in [-0.4, -0.2) is 42.0 Å². The number of benzene rings is 1. The first-order valence-corrected chi connectivity index (χ1v) is 8.95. The van der Waals surface area contributed by atoms with Gasteiger partial charge in [0.05, 0.1) is 5.69 Å². The minimum atomic E-state index is 0. The van der Waals surface area contributed by atoms with Gasteiger partial charge in [-0.15, -0.1) is 24.0 Å². The molecule has 142 valence electrons. The second-order valence-electron chi connectivity index (χ2n) is 6.09. The van der Waals surface area contributed by atoms with Gasteiger partial charge < -0.3 is 20.0 Å². The maximum atomic E-state index is 6.17. The number of aromatic nitrogens is 1. The van der Waals surface area contributed by atoms with Crippen LogP contribution in [0.4, 0.5) is 5.69 Å². The topological polar surface area (TPSA) is 70.9 Å². The summed E-state index contributed by atoms with van der Waals surface area (Å²) in [7, 11) is 0. The first kappa shape index (κ1) is 20.8. The molecule has 8 heteroatoms. The summed E-state index contributed by atoms with van der Waals surface area (Å²) in [4.78, 5) is 13.3. The third kappa shape index (κ3) is 5.03. The van der Waals surface area contributed by atoms with Gasteiger partial charge >= 0.3 is 0 Å². The van der Waals surface area contributed by atoms with Crippen LogP contribution >= 0.6 is 35.6 Å². The first-order chi connectivity index (χ1) is 12.1. The van der Waals surface area contributed by atoms with Crippen LogP contribution in [-0.2, 0) is 13.0 Å². The minimum Gasteiger partial charge on any atom is -0.443 e. The van der Waals surface area contributed by atoms with Crippen molar-refractivity contribution >= 4 is 47.2 Å². The molecule has 1 fully saturated rings. The van der Waals surface area contributed by atoms with Gasteiger partial charge in [0.2, 0.25) is 0 Å². The Morgan fingerprint density at radius 1 is 1.23 bits per heavy atom. The van der Waals surface area contributed by atoms with Crippen LogP contribution in [0.2, 0.25) is 5.02 Å². The number of piperazine rings is 1. The lowest BCUT2D eigenvalue weighted by atomic mass is 10.2. The van der Waals surface area contributed by atoms with Crippen molar-refractivity contribution in [2.24, 2.45) is 10.7 Å². The molecule has 0 atom stereocenters. The largest absolute Gasteiger partial charge is 0.443 e. The Bertz CT molecular complexity index is 739. The molecule has 26 heavy (non-hydrogen) atoms. The zero-order valence-electron chi connectivity index (χ0n) is 15.1. The van der Waals surface area contributed by atoms with E-state index in [1.807, 2.05) is 38.1 Å². The lowest BCUT2D eigenvalue weighted by molar-refractivity contribution is 0.379. The third-order valence-corrected chi connectivity index (χ3v) is 4.67. The van der Waals surface area contributed by atoms with Crippen molar-refractivity contribution in [2.45, 2.75) is 26.8 Å². The fraction of sp³-hybridized carbons (Fsp3) is 0.444. The molecule has 1 aliphatic rings. The molecule has 0 amide bonds. The average Bonchev–Trinajstić information content (AvgIpc) is 3.00. The molecule has 1 saturated heterocycles. The molecule has 2 N–H and O–H groups in total. The molecule has 6 nitrogen and oxygen atoms in total. The average molecular weight is 490 g/mol. The van der Waals surface area contributed by atoms with Gasteiger partial charge in [0.1, 0.15) is 12.3 Å². The molecule has 2 aromatic rings.